The van der Waals surface area contributed by atoms with Crippen molar-refractivity contribution in [3.63, 3.8) is 0 Å². The Kier molecular flexibility index (Phi) is 2.08. The summed E-state index contributed by atoms with van der Waals surface area (Å²) < 4.78 is 0. The number of piperidine rings is 1. The van der Waals surface area contributed by atoms with Crippen molar-refractivity contribution in [2.45, 2.75) is 25.7 Å². The summed E-state index contributed by atoms with van der Waals surface area (Å²) in [6, 6.07) is 0. The standard InChI is InChI=1S/C8H14N4/c1-6-10-8(12-11-6)7-2-4-9-5-3-7/h7,9H,2-5H2,1H3,(H,10,11,12). The van der Waals surface area contributed by atoms with Crippen LogP contribution in [0.15, 0.2) is 0 Å². The number of nitrogens with one attached hydrogen (secondary N) is 2. The van der Waals surface area contributed by atoms with E-state index in [1.807, 2.05) is 6.92 Å². The topological polar surface area (TPSA) is 53.6 Å². The normalized spacial score (nSPS) is 19.8. The maximum atomic E-state index is 4.11. The summed E-state index contributed by atoms with van der Waals surface area (Å²) in [5, 5.41) is 11.4. The van der Waals surface area contributed by atoms with E-state index in [0.29, 0.717) is 5.92 Å². The molecule has 0 aromatic carbocycles. The maximum Gasteiger partial charge on any atom is 0.133 e. The largest absolute Gasteiger partial charge is 0.329 e. The van der Waals surface area contributed by atoms with Gasteiger partial charge in [0.05, 0.1) is 0 Å². The van der Waals surface area contributed by atoms with Gasteiger partial charge in [-0.15, -0.1) is 10.2 Å². The van der Waals surface area contributed by atoms with Crippen LogP contribution in [0, 0.1) is 6.92 Å². The van der Waals surface area contributed by atoms with E-state index in [1.165, 1.54) is 12.8 Å². The third kappa shape index (κ3) is 1.48. The van der Waals surface area contributed by atoms with Gasteiger partial charge >= 0.3 is 0 Å². The zero-order valence-corrected chi connectivity index (χ0v) is 7.30. The summed E-state index contributed by atoms with van der Waals surface area (Å²) in [4.78, 5) is 3.20. The Hall–Kier alpha value is -0.900. The molecule has 1 aliphatic rings. The van der Waals surface area contributed by atoms with Gasteiger partial charge in [-0.25, -0.2) is 0 Å². The molecule has 66 valence electrons. The Balaban J connectivity index is 2.08. The molecular weight excluding hydrogens is 152 g/mol. The molecule has 1 fully saturated rings. The summed E-state index contributed by atoms with van der Waals surface area (Å²) in [6.07, 6.45) is 2.35. The Morgan fingerprint density at radius 1 is 1.25 bits per heavy atom. The number of aromatic nitrogens is 3. The maximum absolute atomic E-state index is 4.11. The van der Waals surface area contributed by atoms with Gasteiger partial charge in [0.15, 0.2) is 0 Å². The molecule has 1 saturated heterocycles. The Morgan fingerprint density at radius 2 is 2.00 bits per heavy atom. The van der Waals surface area contributed by atoms with E-state index in [1.54, 1.807) is 0 Å². The predicted molar refractivity (Wildman–Crippen MR) is 46.0 cm³/mol. The van der Waals surface area contributed by atoms with Crippen LogP contribution in [0.25, 0.3) is 0 Å². The number of aromatic amines is 1. The van der Waals surface area contributed by atoms with Crippen molar-refractivity contribution in [3.8, 4) is 0 Å². The van der Waals surface area contributed by atoms with E-state index in [9.17, 15) is 0 Å². The Bertz CT molecular complexity index is 249. The second-order valence-corrected chi connectivity index (χ2v) is 3.32. The molecule has 4 nitrogen and oxygen atoms in total. The molecule has 0 atom stereocenters. The molecule has 2 heterocycles. The summed E-state index contributed by atoms with van der Waals surface area (Å²) >= 11 is 0. The van der Waals surface area contributed by atoms with E-state index in [4.69, 9.17) is 0 Å². The first-order valence-electron chi connectivity index (χ1n) is 4.46. The van der Waals surface area contributed by atoms with Crippen LogP contribution in [0.3, 0.4) is 0 Å². The van der Waals surface area contributed by atoms with Gasteiger partial charge in [-0.3, -0.25) is 0 Å². The molecule has 1 aromatic heterocycles. The third-order valence-corrected chi connectivity index (χ3v) is 2.34. The zero-order chi connectivity index (χ0) is 8.39. The highest BCUT2D eigenvalue weighted by atomic mass is 15.2. The molecule has 0 radical (unpaired) electrons. The fraction of sp³-hybridized carbons (Fsp3) is 0.750. The first-order valence-corrected chi connectivity index (χ1v) is 4.46. The molecule has 2 rings (SSSR count). The predicted octanol–water partition coefficient (Wildman–Crippen LogP) is 0.580. The quantitative estimate of drug-likeness (QED) is 0.641. The zero-order valence-electron chi connectivity index (χ0n) is 7.30. The molecule has 1 aliphatic heterocycles. The average molecular weight is 166 g/mol. The lowest BCUT2D eigenvalue weighted by Crippen LogP contribution is -2.27. The van der Waals surface area contributed by atoms with Gasteiger partial charge in [-0.2, -0.15) is 0 Å². The van der Waals surface area contributed by atoms with Gasteiger partial charge in [-0.05, 0) is 32.9 Å². The van der Waals surface area contributed by atoms with E-state index in [2.05, 4.69) is 20.5 Å². The lowest BCUT2D eigenvalue weighted by Gasteiger charge is -2.19. The molecule has 2 N–H and O–H groups in total. The van der Waals surface area contributed by atoms with E-state index >= 15 is 0 Å². The van der Waals surface area contributed by atoms with Gasteiger partial charge in [-0.1, -0.05) is 0 Å². The monoisotopic (exact) mass is 166 g/mol. The first-order chi connectivity index (χ1) is 5.86. The highest BCUT2D eigenvalue weighted by Crippen LogP contribution is 2.21. The summed E-state index contributed by atoms with van der Waals surface area (Å²) in [7, 11) is 0. The molecule has 1 aromatic rings. The average Bonchev–Trinajstić information content (AvgIpc) is 2.54. The van der Waals surface area contributed by atoms with Crippen LogP contribution in [-0.4, -0.2) is 28.3 Å². The summed E-state index contributed by atoms with van der Waals surface area (Å²) in [6.45, 7) is 4.15. The Labute approximate surface area is 71.8 Å². The van der Waals surface area contributed by atoms with E-state index < -0.39 is 0 Å². The highest BCUT2D eigenvalue weighted by Gasteiger charge is 2.17. The SMILES string of the molecule is Cc1nnc(C2CCNCC2)[nH]1. The molecule has 0 saturated carbocycles. The molecule has 0 bridgehead atoms. The van der Waals surface area contributed by atoms with Crippen LogP contribution >= 0.6 is 0 Å². The molecule has 0 aliphatic carbocycles. The number of hydrogen-bond acceptors (Lipinski definition) is 3. The second kappa shape index (κ2) is 3.23. The third-order valence-electron chi connectivity index (χ3n) is 2.34. The van der Waals surface area contributed by atoms with E-state index in [0.717, 1.165) is 24.7 Å². The molecule has 4 heteroatoms. The smallest absolute Gasteiger partial charge is 0.133 e. The van der Waals surface area contributed by atoms with Gasteiger partial charge < -0.3 is 10.3 Å². The highest BCUT2D eigenvalue weighted by molar-refractivity contribution is 4.98. The molecule has 0 unspecified atom stereocenters. The minimum absolute atomic E-state index is 0.590. The number of H-pyrrole nitrogens is 1. The number of nitrogens with zero attached hydrogens (tertiary/aromatic N) is 2. The van der Waals surface area contributed by atoms with E-state index in [-0.39, 0.29) is 0 Å². The van der Waals surface area contributed by atoms with Crippen molar-refractivity contribution in [1.29, 1.82) is 0 Å². The lowest BCUT2D eigenvalue weighted by molar-refractivity contribution is 0.446. The van der Waals surface area contributed by atoms with Crippen molar-refractivity contribution < 1.29 is 0 Å². The van der Waals surface area contributed by atoms with Crippen molar-refractivity contribution >= 4 is 0 Å². The number of hydrogen-bond donors (Lipinski definition) is 2. The summed E-state index contributed by atoms with van der Waals surface area (Å²) in [5.41, 5.74) is 0. The van der Waals surface area contributed by atoms with Crippen LogP contribution < -0.4 is 5.32 Å². The molecule has 0 amide bonds. The number of aryl methyl sites for hydroxylation is 1. The van der Waals surface area contributed by atoms with Crippen LogP contribution in [0.1, 0.15) is 30.4 Å². The minimum Gasteiger partial charge on any atom is -0.329 e. The van der Waals surface area contributed by atoms with Crippen LogP contribution in [0.5, 0.6) is 0 Å². The van der Waals surface area contributed by atoms with Crippen LogP contribution in [0.2, 0.25) is 0 Å². The van der Waals surface area contributed by atoms with Gasteiger partial charge in [0.1, 0.15) is 11.6 Å². The van der Waals surface area contributed by atoms with Gasteiger partial charge in [0, 0.05) is 5.92 Å². The van der Waals surface area contributed by atoms with Crippen LogP contribution in [0.4, 0.5) is 0 Å². The Morgan fingerprint density at radius 3 is 2.58 bits per heavy atom. The van der Waals surface area contributed by atoms with Crippen molar-refractivity contribution in [3.05, 3.63) is 11.6 Å². The summed E-state index contributed by atoms with van der Waals surface area (Å²) in [5.74, 6) is 2.57. The van der Waals surface area contributed by atoms with Gasteiger partial charge in [0.25, 0.3) is 0 Å². The van der Waals surface area contributed by atoms with Crippen molar-refractivity contribution in [2.24, 2.45) is 0 Å². The number of rotatable bonds is 1. The van der Waals surface area contributed by atoms with Crippen LogP contribution in [-0.2, 0) is 0 Å². The molecular formula is C8H14N4. The molecule has 0 spiro atoms. The minimum atomic E-state index is 0.590. The fourth-order valence-electron chi connectivity index (χ4n) is 1.64. The van der Waals surface area contributed by atoms with Crippen molar-refractivity contribution in [2.75, 3.05) is 13.1 Å². The van der Waals surface area contributed by atoms with Gasteiger partial charge in [0.2, 0.25) is 0 Å². The second-order valence-electron chi connectivity index (χ2n) is 3.32. The molecule has 12 heavy (non-hydrogen) atoms. The van der Waals surface area contributed by atoms with Crippen molar-refractivity contribution in [1.82, 2.24) is 20.5 Å². The fourth-order valence-corrected chi connectivity index (χ4v) is 1.64. The lowest BCUT2D eigenvalue weighted by atomic mass is 9.98. The first kappa shape index (κ1) is 7.73.